The number of allylic oxidation sites excluding steroid dienone is 2. The van der Waals surface area contributed by atoms with Crippen molar-refractivity contribution >= 4 is 17.9 Å². The smallest absolute Gasteiger partial charge is 0.313 e. The van der Waals surface area contributed by atoms with Crippen molar-refractivity contribution in [3.05, 3.63) is 71.3 Å². The summed E-state index contributed by atoms with van der Waals surface area (Å²) < 4.78 is 33.6. The lowest BCUT2D eigenvalue weighted by Crippen LogP contribution is -2.65. The summed E-state index contributed by atoms with van der Waals surface area (Å²) in [5, 5.41) is 8.73. The molecule has 8 atom stereocenters. The molecule has 12 nitrogen and oxygen atoms in total. The minimum absolute atomic E-state index is 0.0204. The van der Waals surface area contributed by atoms with Gasteiger partial charge in [-0.05, 0) is 103 Å². The number of hydrogen-bond donors (Lipinski definition) is 1. The van der Waals surface area contributed by atoms with Crippen molar-refractivity contribution in [2.45, 2.75) is 124 Å². The fraction of sp³-hybridized carbons (Fsp3) is 0.706. The minimum Gasteiger partial charge on any atom is -0.465 e. The SMILES string of the molecule is CC1(C)CC[C@]2(C(=O)OCc3ccccc3)CC[C@]3(C)C(=CC[C@@H]4[C@@]5(C)Cc6nccnc6[C@@](C)(COC(=O)CCC(=O)OCCOCCOCCOCCO)[C@@H]5CC[C@]43C)[C@@H]2C1. The Morgan fingerprint density at radius 1 is 0.730 bits per heavy atom. The summed E-state index contributed by atoms with van der Waals surface area (Å²) in [5.41, 5.74) is 3.13. The number of esters is 3. The van der Waals surface area contributed by atoms with Gasteiger partial charge < -0.3 is 33.5 Å². The summed E-state index contributed by atoms with van der Waals surface area (Å²) in [6.07, 6.45) is 14.3. The van der Waals surface area contributed by atoms with E-state index >= 15 is 0 Å². The molecule has 1 aromatic carbocycles. The summed E-state index contributed by atoms with van der Waals surface area (Å²) in [6.45, 7) is 17.0. The van der Waals surface area contributed by atoms with E-state index < -0.39 is 22.8 Å². The third kappa shape index (κ3) is 9.38. The van der Waals surface area contributed by atoms with Gasteiger partial charge in [0.1, 0.15) is 19.8 Å². The molecule has 0 spiro atoms. The second-order valence-corrected chi connectivity index (χ2v) is 20.8. The Morgan fingerprint density at radius 2 is 1.38 bits per heavy atom. The largest absolute Gasteiger partial charge is 0.465 e. The maximum Gasteiger partial charge on any atom is 0.313 e. The van der Waals surface area contributed by atoms with Gasteiger partial charge in [-0.1, -0.05) is 83.5 Å². The van der Waals surface area contributed by atoms with Gasteiger partial charge in [-0.3, -0.25) is 24.4 Å². The van der Waals surface area contributed by atoms with Gasteiger partial charge in [0.05, 0.1) is 75.9 Å². The molecule has 0 unspecified atom stereocenters. The molecule has 346 valence electrons. The first-order valence-corrected chi connectivity index (χ1v) is 23.5. The molecule has 1 aromatic heterocycles. The van der Waals surface area contributed by atoms with E-state index in [1.54, 1.807) is 12.4 Å². The lowest BCUT2D eigenvalue weighted by Gasteiger charge is -2.70. The van der Waals surface area contributed by atoms with Crippen LogP contribution in [0.15, 0.2) is 54.4 Å². The van der Waals surface area contributed by atoms with Crippen molar-refractivity contribution in [3.63, 3.8) is 0 Å². The molecule has 3 saturated carbocycles. The van der Waals surface area contributed by atoms with Crippen LogP contribution in [0.2, 0.25) is 0 Å². The number of aliphatic hydroxyl groups excluding tert-OH is 1. The van der Waals surface area contributed by atoms with Crippen LogP contribution >= 0.6 is 0 Å². The number of carbonyl (C=O) groups is 3. The van der Waals surface area contributed by atoms with E-state index in [0.29, 0.717) is 39.0 Å². The molecule has 12 heteroatoms. The van der Waals surface area contributed by atoms with Crippen molar-refractivity contribution < 1.29 is 47.9 Å². The van der Waals surface area contributed by atoms with E-state index in [9.17, 15) is 14.4 Å². The molecule has 63 heavy (non-hydrogen) atoms. The summed E-state index contributed by atoms with van der Waals surface area (Å²) in [4.78, 5) is 50.2. The Balaban J connectivity index is 1.02. The number of ether oxygens (including phenoxy) is 6. The molecular weight excluding hydrogens is 801 g/mol. The van der Waals surface area contributed by atoms with Crippen LogP contribution in [0, 0.1) is 44.8 Å². The van der Waals surface area contributed by atoms with Gasteiger partial charge in [0.25, 0.3) is 0 Å². The predicted octanol–water partition coefficient (Wildman–Crippen LogP) is 7.92. The Hall–Kier alpha value is -3.71. The minimum atomic E-state index is -0.579. The highest BCUT2D eigenvalue weighted by Gasteiger charge is 2.70. The highest BCUT2D eigenvalue weighted by atomic mass is 16.6. The first-order chi connectivity index (χ1) is 30.1. The molecule has 2 aromatic rings. The second kappa shape index (κ2) is 19.4. The van der Waals surface area contributed by atoms with Crippen molar-refractivity contribution in [2.75, 3.05) is 59.5 Å². The zero-order valence-corrected chi connectivity index (χ0v) is 38.7. The monoisotopic (exact) mass is 873 g/mol. The van der Waals surface area contributed by atoms with Crippen LogP contribution in [0.1, 0.15) is 123 Å². The lowest BCUT2D eigenvalue weighted by atomic mass is 9.33. The number of aromatic nitrogens is 2. The molecule has 5 aliphatic carbocycles. The van der Waals surface area contributed by atoms with E-state index in [0.717, 1.165) is 74.7 Å². The van der Waals surface area contributed by atoms with Crippen LogP contribution in [0.4, 0.5) is 0 Å². The van der Waals surface area contributed by atoms with Crippen molar-refractivity contribution in [3.8, 4) is 0 Å². The Kier molecular flexibility index (Phi) is 14.6. The first-order valence-electron chi connectivity index (χ1n) is 23.5. The number of hydrogen-bond acceptors (Lipinski definition) is 12. The second-order valence-electron chi connectivity index (χ2n) is 20.8. The molecule has 5 aliphatic rings. The third-order valence-electron chi connectivity index (χ3n) is 16.7. The Bertz CT molecular complexity index is 1960. The average Bonchev–Trinajstić information content (AvgIpc) is 3.26. The number of nitrogens with zero attached hydrogens (tertiary/aromatic N) is 2. The molecule has 0 aliphatic heterocycles. The van der Waals surface area contributed by atoms with Crippen LogP contribution in [0.3, 0.4) is 0 Å². The van der Waals surface area contributed by atoms with Crippen LogP contribution in [0.25, 0.3) is 0 Å². The highest BCUT2D eigenvalue weighted by molar-refractivity contribution is 5.79. The van der Waals surface area contributed by atoms with Crippen molar-refractivity contribution in [1.82, 2.24) is 9.97 Å². The van der Waals surface area contributed by atoms with E-state index in [-0.39, 0.29) is 85.3 Å². The normalized spacial score (nSPS) is 32.7. The van der Waals surface area contributed by atoms with Crippen LogP contribution in [-0.2, 0) is 61.2 Å². The fourth-order valence-electron chi connectivity index (χ4n) is 13.2. The van der Waals surface area contributed by atoms with Crippen molar-refractivity contribution in [2.24, 2.45) is 44.8 Å². The van der Waals surface area contributed by atoms with Gasteiger partial charge in [-0.25, -0.2) is 0 Å². The molecule has 0 bridgehead atoms. The van der Waals surface area contributed by atoms with Crippen LogP contribution in [-0.4, -0.2) is 92.4 Å². The maximum absolute atomic E-state index is 14.5. The molecule has 1 heterocycles. The van der Waals surface area contributed by atoms with Gasteiger partial charge in [0, 0.05) is 17.8 Å². The van der Waals surface area contributed by atoms with E-state index in [2.05, 4.69) is 47.6 Å². The summed E-state index contributed by atoms with van der Waals surface area (Å²) in [5.74, 6) is -0.294. The quantitative estimate of drug-likeness (QED) is 0.0632. The van der Waals surface area contributed by atoms with Gasteiger partial charge in [0.2, 0.25) is 0 Å². The molecule has 0 radical (unpaired) electrons. The zero-order chi connectivity index (χ0) is 44.9. The molecule has 0 saturated heterocycles. The van der Waals surface area contributed by atoms with E-state index in [4.69, 9.17) is 43.5 Å². The topological polar surface area (TPSA) is 153 Å². The summed E-state index contributed by atoms with van der Waals surface area (Å²) in [7, 11) is 0. The Labute approximate surface area is 374 Å². The molecule has 3 fully saturated rings. The zero-order valence-electron chi connectivity index (χ0n) is 38.7. The molecule has 1 N–H and O–H groups in total. The summed E-state index contributed by atoms with van der Waals surface area (Å²) >= 11 is 0. The van der Waals surface area contributed by atoms with Crippen LogP contribution < -0.4 is 0 Å². The summed E-state index contributed by atoms with van der Waals surface area (Å²) in [6, 6.07) is 10.0. The number of aliphatic hydroxyl groups is 1. The van der Waals surface area contributed by atoms with E-state index in [1.807, 2.05) is 30.3 Å². The van der Waals surface area contributed by atoms with Gasteiger partial charge in [-0.2, -0.15) is 0 Å². The first kappa shape index (κ1) is 47.3. The number of benzene rings is 1. The van der Waals surface area contributed by atoms with Gasteiger partial charge >= 0.3 is 17.9 Å². The number of carbonyl (C=O) groups excluding carboxylic acids is 3. The third-order valence-corrected chi connectivity index (χ3v) is 16.7. The van der Waals surface area contributed by atoms with Gasteiger partial charge in [-0.15, -0.1) is 0 Å². The van der Waals surface area contributed by atoms with Gasteiger partial charge in [0.15, 0.2) is 0 Å². The molecule has 7 rings (SSSR count). The Morgan fingerprint density at radius 3 is 2.10 bits per heavy atom. The highest BCUT2D eigenvalue weighted by Crippen LogP contribution is 2.75. The number of rotatable bonds is 19. The number of fused-ring (bicyclic) bond motifs is 8. The molecule has 0 amide bonds. The van der Waals surface area contributed by atoms with Crippen LogP contribution in [0.5, 0.6) is 0 Å². The molecular formula is C51H72N2O10. The average molecular weight is 873 g/mol. The van der Waals surface area contributed by atoms with E-state index in [1.165, 1.54) is 5.57 Å². The fourth-order valence-corrected chi connectivity index (χ4v) is 13.2. The standard InChI is InChI=1S/C51H72N2O10/c1-46(2)18-20-51(45(57)62-34-36-10-8-7-9-11-36)21-19-49(5)37(38(51)32-46)12-13-41-47(3)33-39-44(53-23-22-52-39)48(4,40(47)16-17-50(41,49)6)35-63-43(56)15-14-42(55)61-31-30-60-29-28-59-27-26-58-25-24-54/h7-12,22-23,38,40-41,54H,13-21,24-35H2,1-6H3/t38-,40+,41+,47-,48-,49+,50+,51-/m0/s1. The maximum atomic E-state index is 14.5. The predicted molar refractivity (Wildman–Crippen MR) is 236 cm³/mol. The van der Waals surface area contributed by atoms with Crippen molar-refractivity contribution in [1.29, 1.82) is 0 Å². The lowest BCUT2D eigenvalue weighted by molar-refractivity contribution is -0.185.